The van der Waals surface area contributed by atoms with E-state index >= 15 is 0 Å². The van der Waals surface area contributed by atoms with Crippen LogP contribution in [0.25, 0.3) is 0 Å². The van der Waals surface area contributed by atoms with E-state index in [0.717, 1.165) is 62.8 Å². The quantitative estimate of drug-likeness (QED) is 0.716. The maximum Gasteiger partial charge on any atom is 0.416 e. The molecule has 0 bridgehead atoms. The van der Waals surface area contributed by atoms with Crippen molar-refractivity contribution in [3.05, 3.63) is 35.4 Å². The molecule has 1 heterocycles. The molecule has 0 aromatic heterocycles. The third kappa shape index (κ3) is 5.31. The van der Waals surface area contributed by atoms with Crippen molar-refractivity contribution in [1.29, 1.82) is 0 Å². The van der Waals surface area contributed by atoms with Gasteiger partial charge in [-0.25, -0.2) is 0 Å². The minimum atomic E-state index is -4.33. The van der Waals surface area contributed by atoms with Crippen LogP contribution in [0.1, 0.15) is 49.7 Å². The van der Waals surface area contributed by atoms with Crippen molar-refractivity contribution in [1.82, 2.24) is 14.7 Å². The fraction of sp³-hybridized carbons (Fsp3) is 0.682. The largest absolute Gasteiger partial charge is 0.416 e. The van der Waals surface area contributed by atoms with Gasteiger partial charge in [0.1, 0.15) is 0 Å². The summed E-state index contributed by atoms with van der Waals surface area (Å²) in [5.74, 6) is 0.0988. The van der Waals surface area contributed by atoms with Gasteiger partial charge in [0.25, 0.3) is 0 Å². The molecule has 4 rings (SSSR count). The van der Waals surface area contributed by atoms with Crippen LogP contribution >= 0.6 is 0 Å². The van der Waals surface area contributed by atoms with Crippen LogP contribution in [0.15, 0.2) is 24.3 Å². The molecule has 1 aromatic rings. The normalized spacial score (nSPS) is 22.2. The lowest BCUT2D eigenvalue weighted by molar-refractivity contribution is -0.138. The highest BCUT2D eigenvalue weighted by molar-refractivity contribution is 5.79. The molecule has 0 atom stereocenters. The number of carbonyl (C=O) groups is 1. The van der Waals surface area contributed by atoms with Gasteiger partial charge < -0.3 is 4.90 Å². The number of carbonyl (C=O) groups excluding carboxylic acids is 1. The summed E-state index contributed by atoms with van der Waals surface area (Å²) < 4.78 is 38.3. The number of alkyl halides is 3. The van der Waals surface area contributed by atoms with E-state index in [1.807, 2.05) is 4.90 Å². The molecule has 29 heavy (non-hydrogen) atoms. The molecule has 0 spiro atoms. The number of hydrogen-bond acceptors (Lipinski definition) is 3. The lowest BCUT2D eigenvalue weighted by Crippen LogP contribution is -2.52. The van der Waals surface area contributed by atoms with Crippen molar-refractivity contribution < 1.29 is 18.0 Å². The molecule has 1 aromatic carbocycles. The van der Waals surface area contributed by atoms with Crippen molar-refractivity contribution in [3.63, 3.8) is 0 Å². The minimum Gasteiger partial charge on any atom is -0.334 e. The van der Waals surface area contributed by atoms with E-state index in [1.165, 1.54) is 37.8 Å². The topological polar surface area (TPSA) is 26.8 Å². The Morgan fingerprint density at radius 2 is 1.59 bits per heavy atom. The second-order valence-electron chi connectivity index (χ2n) is 8.70. The van der Waals surface area contributed by atoms with Crippen LogP contribution in [0.3, 0.4) is 0 Å². The third-order valence-corrected chi connectivity index (χ3v) is 6.55. The number of benzene rings is 1. The Labute approximate surface area is 170 Å². The van der Waals surface area contributed by atoms with Gasteiger partial charge in [0, 0.05) is 44.8 Å². The maximum atomic E-state index is 13.0. The maximum absolute atomic E-state index is 13.0. The summed E-state index contributed by atoms with van der Waals surface area (Å²) in [6, 6.07) is 6.16. The fourth-order valence-electron chi connectivity index (χ4n) is 4.64. The van der Waals surface area contributed by atoms with Crippen LogP contribution in [0.2, 0.25) is 0 Å². The molecule has 2 aliphatic carbocycles. The SMILES string of the molecule is O=C(CN1CCN(C2CCCC2)CC1)N(Cc1ccc(C(F)(F)F)cc1)C1CC1. The Morgan fingerprint density at radius 3 is 2.14 bits per heavy atom. The van der Waals surface area contributed by atoms with E-state index in [1.54, 1.807) is 0 Å². The number of rotatable bonds is 6. The molecule has 3 fully saturated rings. The predicted molar refractivity (Wildman–Crippen MR) is 105 cm³/mol. The Kier molecular flexibility index (Phi) is 6.16. The van der Waals surface area contributed by atoms with E-state index in [2.05, 4.69) is 9.80 Å². The summed E-state index contributed by atoms with van der Waals surface area (Å²) in [6.45, 7) is 4.70. The van der Waals surface area contributed by atoms with Gasteiger partial charge in [-0.15, -0.1) is 0 Å². The van der Waals surface area contributed by atoms with Crippen molar-refractivity contribution in [2.75, 3.05) is 32.7 Å². The number of hydrogen-bond donors (Lipinski definition) is 0. The van der Waals surface area contributed by atoms with Gasteiger partial charge in [0.05, 0.1) is 12.1 Å². The molecular weight excluding hydrogens is 379 g/mol. The van der Waals surface area contributed by atoms with Crippen LogP contribution in [-0.4, -0.2) is 65.4 Å². The summed E-state index contributed by atoms with van der Waals surface area (Å²) in [6.07, 6.45) is 2.94. The molecule has 160 valence electrons. The van der Waals surface area contributed by atoms with Crippen LogP contribution in [0.5, 0.6) is 0 Å². The summed E-state index contributed by atoms with van der Waals surface area (Å²) in [5.41, 5.74) is 0.106. The smallest absolute Gasteiger partial charge is 0.334 e. The van der Waals surface area contributed by atoms with E-state index in [9.17, 15) is 18.0 Å². The first kappa shape index (κ1) is 20.7. The van der Waals surface area contributed by atoms with Crippen LogP contribution in [0.4, 0.5) is 13.2 Å². The molecule has 3 aliphatic rings. The van der Waals surface area contributed by atoms with Gasteiger partial charge in [-0.2, -0.15) is 13.2 Å². The summed E-state index contributed by atoms with van der Waals surface area (Å²) >= 11 is 0. The van der Waals surface area contributed by atoms with Crippen molar-refractivity contribution >= 4 is 5.91 Å². The highest BCUT2D eigenvalue weighted by atomic mass is 19.4. The molecule has 1 saturated heterocycles. The van der Waals surface area contributed by atoms with Gasteiger partial charge in [-0.1, -0.05) is 25.0 Å². The summed E-state index contributed by atoms with van der Waals surface area (Å²) in [7, 11) is 0. The van der Waals surface area contributed by atoms with Gasteiger partial charge in [-0.3, -0.25) is 14.6 Å². The molecule has 0 unspecified atom stereocenters. The van der Waals surface area contributed by atoms with E-state index < -0.39 is 11.7 Å². The molecule has 1 aliphatic heterocycles. The van der Waals surface area contributed by atoms with Gasteiger partial charge >= 0.3 is 6.18 Å². The molecular formula is C22H30F3N3O. The molecule has 4 nitrogen and oxygen atoms in total. The first-order valence-electron chi connectivity index (χ1n) is 10.8. The second-order valence-corrected chi connectivity index (χ2v) is 8.70. The zero-order valence-corrected chi connectivity index (χ0v) is 16.8. The zero-order valence-electron chi connectivity index (χ0n) is 16.8. The zero-order chi connectivity index (χ0) is 20.4. The summed E-state index contributed by atoms with van der Waals surface area (Å²) in [5, 5.41) is 0. The third-order valence-electron chi connectivity index (χ3n) is 6.55. The monoisotopic (exact) mass is 409 g/mol. The average Bonchev–Trinajstić information content (AvgIpc) is 3.39. The van der Waals surface area contributed by atoms with Crippen LogP contribution in [-0.2, 0) is 17.5 Å². The minimum absolute atomic E-state index is 0.0988. The highest BCUT2D eigenvalue weighted by Crippen LogP contribution is 2.31. The van der Waals surface area contributed by atoms with Gasteiger partial charge in [-0.05, 0) is 43.4 Å². The molecule has 2 saturated carbocycles. The number of halogens is 3. The number of nitrogens with zero attached hydrogens (tertiary/aromatic N) is 3. The lowest BCUT2D eigenvalue weighted by atomic mass is 10.1. The average molecular weight is 409 g/mol. The van der Waals surface area contributed by atoms with Gasteiger partial charge in [0.15, 0.2) is 0 Å². The van der Waals surface area contributed by atoms with Gasteiger partial charge in [0.2, 0.25) is 5.91 Å². The fourth-order valence-corrected chi connectivity index (χ4v) is 4.64. The van der Waals surface area contributed by atoms with Crippen molar-refractivity contribution in [2.24, 2.45) is 0 Å². The Bertz CT molecular complexity index is 688. The van der Waals surface area contributed by atoms with E-state index in [0.29, 0.717) is 13.1 Å². The van der Waals surface area contributed by atoms with E-state index in [-0.39, 0.29) is 11.9 Å². The first-order valence-corrected chi connectivity index (χ1v) is 10.8. The van der Waals surface area contributed by atoms with Crippen molar-refractivity contribution in [2.45, 2.75) is 63.3 Å². The number of amides is 1. The Balaban J connectivity index is 1.30. The number of piperazine rings is 1. The lowest BCUT2D eigenvalue weighted by Gasteiger charge is -2.38. The summed E-state index contributed by atoms with van der Waals surface area (Å²) in [4.78, 5) is 19.6. The van der Waals surface area contributed by atoms with Crippen LogP contribution < -0.4 is 0 Å². The molecule has 0 N–H and O–H groups in total. The Hall–Kier alpha value is -1.60. The molecule has 0 radical (unpaired) electrons. The predicted octanol–water partition coefficient (Wildman–Crippen LogP) is 3.76. The standard InChI is InChI=1S/C22H30F3N3O/c23-22(24,25)18-7-5-17(6-8-18)15-28(20-9-10-20)21(29)16-26-11-13-27(14-12-26)19-3-1-2-4-19/h5-8,19-20H,1-4,9-16H2. The molecule has 1 amide bonds. The first-order chi connectivity index (χ1) is 13.9. The van der Waals surface area contributed by atoms with Crippen molar-refractivity contribution in [3.8, 4) is 0 Å². The van der Waals surface area contributed by atoms with E-state index in [4.69, 9.17) is 0 Å². The second kappa shape index (κ2) is 8.64. The highest BCUT2D eigenvalue weighted by Gasteiger charge is 2.35. The molecule has 7 heteroatoms. The Morgan fingerprint density at radius 1 is 0.966 bits per heavy atom. The van der Waals surface area contributed by atoms with Crippen LogP contribution in [0, 0.1) is 0 Å².